The van der Waals surface area contributed by atoms with Gasteiger partial charge in [-0.2, -0.15) is 0 Å². The fraction of sp³-hybridized carbons (Fsp3) is 0.564. The maximum absolute atomic E-state index is 12.4. The zero-order valence-corrected chi connectivity index (χ0v) is 41.5. The minimum Gasteiger partial charge on any atom is -0.504 e. The molecule has 0 spiro atoms. The van der Waals surface area contributed by atoms with Gasteiger partial charge in [0, 0.05) is 84.3 Å². The number of nitrogens with one attached hydrogen (secondary N) is 3. The number of phenolic OH excluding ortho intramolecular Hbond substituents is 1. The zero-order chi connectivity index (χ0) is 47.9. The molecule has 0 radical (unpaired) electrons. The summed E-state index contributed by atoms with van der Waals surface area (Å²) in [5.74, 6) is 8.23. The minimum absolute atomic E-state index is 0.0103. The van der Waals surface area contributed by atoms with Gasteiger partial charge in [0.05, 0.1) is 24.4 Å². The Balaban J connectivity index is 1.15. The van der Waals surface area contributed by atoms with E-state index >= 15 is 0 Å². The first-order valence-electron chi connectivity index (χ1n) is 25.1. The highest BCUT2D eigenvalue weighted by Crippen LogP contribution is 2.51. The lowest BCUT2D eigenvalue weighted by Crippen LogP contribution is -2.42. The molecule has 5 aliphatic rings. The largest absolute Gasteiger partial charge is 0.504 e. The van der Waals surface area contributed by atoms with Crippen molar-refractivity contribution in [2.75, 3.05) is 31.2 Å². The summed E-state index contributed by atoms with van der Waals surface area (Å²) in [6, 6.07) is 18.3. The van der Waals surface area contributed by atoms with Gasteiger partial charge in [0.25, 0.3) is 0 Å². The minimum atomic E-state index is -1.05. The average Bonchev–Trinajstić information content (AvgIpc) is 3.78. The van der Waals surface area contributed by atoms with Crippen molar-refractivity contribution in [3.05, 3.63) is 118 Å². The van der Waals surface area contributed by atoms with Gasteiger partial charge in [0.15, 0.2) is 11.5 Å². The van der Waals surface area contributed by atoms with E-state index in [1.54, 1.807) is 28.5 Å². The maximum Gasteiger partial charge on any atom is 0.161 e. The van der Waals surface area contributed by atoms with E-state index in [-0.39, 0.29) is 59.7 Å². The van der Waals surface area contributed by atoms with E-state index in [0.29, 0.717) is 68.9 Å². The number of fused-ring (bicyclic) bond motifs is 5. The Morgan fingerprint density at radius 1 is 0.971 bits per heavy atom. The molecule has 1 aromatic heterocycles. The van der Waals surface area contributed by atoms with E-state index in [4.69, 9.17) is 10.5 Å². The molecule has 0 saturated carbocycles. The number of hydrogen-bond donors (Lipinski definition) is 10. The standard InChI is InChI=1S/C55H74N4O7S2/c1-4-35-20-38-24-49(63)51(66-52-25-39(22-41-11-8-17-57-41)43-16-18-58-55(56)47(43)31-68-67-30-40(29-60)54(52)65)27-45(38)46-26-50(64)53-37(23-44(35)46)13-12-36(32(2)19-34-9-6-5-7-10-34)21-42(14-15-48(53)62)59-28-33(3)61/h5-11,16-17,23-24,27,32-33,35-37,39-40,42,46,48,50,52-54,57-65H,4,14-15,18-22,25-26,28-31,56H2,1-3H3. The molecule has 2 aliphatic heterocycles. The highest BCUT2D eigenvalue weighted by molar-refractivity contribution is 8.76. The molecule has 11 N–H and O–H groups in total. The van der Waals surface area contributed by atoms with Crippen LogP contribution in [0.2, 0.25) is 0 Å². The number of H-pyrrole nitrogens is 1. The number of dihydropyridines is 1. The van der Waals surface area contributed by atoms with Crippen LogP contribution in [0, 0.1) is 53.3 Å². The molecule has 14 atom stereocenters. The van der Waals surface area contributed by atoms with Crippen LogP contribution in [-0.4, -0.2) is 103 Å². The number of aliphatic hydroxyl groups is 5. The highest BCUT2D eigenvalue weighted by atomic mass is 33.1. The summed E-state index contributed by atoms with van der Waals surface area (Å²) in [6.45, 7) is 7.05. The van der Waals surface area contributed by atoms with Crippen LogP contribution in [0.25, 0.3) is 0 Å². The number of allylic oxidation sites excluding steroid dienone is 3. The second-order valence-electron chi connectivity index (χ2n) is 20.3. The second kappa shape index (κ2) is 23.4. The molecule has 3 heterocycles. The number of rotatable bonds is 12. The number of nitrogens with two attached hydrogens (primary N) is 1. The first kappa shape index (κ1) is 50.5. The molecule has 0 amide bonds. The van der Waals surface area contributed by atoms with Gasteiger partial charge in [-0.05, 0) is 129 Å². The summed E-state index contributed by atoms with van der Waals surface area (Å²) in [6.07, 6.45) is 8.16. The van der Waals surface area contributed by atoms with E-state index in [1.807, 2.05) is 30.5 Å². The normalized spacial score (nSPS) is 32.1. The number of ether oxygens (including phenoxy) is 1. The summed E-state index contributed by atoms with van der Waals surface area (Å²) < 4.78 is 6.92. The molecule has 68 heavy (non-hydrogen) atoms. The Morgan fingerprint density at radius 2 is 1.79 bits per heavy atom. The van der Waals surface area contributed by atoms with Gasteiger partial charge in [-0.3, -0.25) is 0 Å². The van der Waals surface area contributed by atoms with Crippen LogP contribution in [0.5, 0.6) is 11.5 Å². The molecule has 3 aliphatic carbocycles. The van der Waals surface area contributed by atoms with Gasteiger partial charge >= 0.3 is 0 Å². The summed E-state index contributed by atoms with van der Waals surface area (Å²) in [5.41, 5.74) is 14.3. The lowest BCUT2D eigenvalue weighted by Gasteiger charge is -2.36. The lowest BCUT2D eigenvalue weighted by molar-refractivity contribution is -0.0214. The molecule has 368 valence electrons. The number of hydrogen-bond acceptors (Lipinski definition) is 12. The van der Waals surface area contributed by atoms with Gasteiger partial charge in [0.1, 0.15) is 11.9 Å². The van der Waals surface area contributed by atoms with Gasteiger partial charge in [-0.25, -0.2) is 0 Å². The van der Waals surface area contributed by atoms with Crippen LogP contribution in [0.1, 0.15) is 87.6 Å². The zero-order valence-electron chi connectivity index (χ0n) is 39.9. The number of aliphatic hydroxyl groups excluding tert-OH is 5. The number of aromatic nitrogens is 1. The topological polar surface area (TPSA) is 196 Å². The molecule has 11 nitrogen and oxygen atoms in total. The van der Waals surface area contributed by atoms with Gasteiger partial charge in [-0.1, -0.05) is 95.3 Å². The molecule has 1 fully saturated rings. The van der Waals surface area contributed by atoms with E-state index in [0.717, 1.165) is 47.2 Å². The lowest BCUT2D eigenvalue weighted by atomic mass is 9.70. The Morgan fingerprint density at radius 3 is 2.54 bits per heavy atom. The van der Waals surface area contributed by atoms with Gasteiger partial charge in [-0.15, -0.1) is 0 Å². The Bertz CT molecular complexity index is 2290. The van der Waals surface area contributed by atoms with E-state index in [1.165, 1.54) is 11.1 Å². The van der Waals surface area contributed by atoms with Gasteiger partial charge in [0.2, 0.25) is 0 Å². The fourth-order valence-corrected chi connectivity index (χ4v) is 14.2. The van der Waals surface area contributed by atoms with Crippen molar-refractivity contribution in [3.8, 4) is 23.3 Å². The van der Waals surface area contributed by atoms with Crippen LogP contribution < -0.4 is 21.1 Å². The van der Waals surface area contributed by atoms with Crippen molar-refractivity contribution in [1.29, 1.82) is 0 Å². The van der Waals surface area contributed by atoms with Crippen LogP contribution in [0.15, 0.2) is 95.5 Å². The Kier molecular flexibility index (Phi) is 17.4. The Labute approximate surface area is 411 Å². The number of benzene rings is 2. The summed E-state index contributed by atoms with van der Waals surface area (Å²) in [5, 5.41) is 76.4. The van der Waals surface area contributed by atoms with Crippen LogP contribution in [0.3, 0.4) is 0 Å². The molecular formula is C55H74N4O7S2. The van der Waals surface area contributed by atoms with Crippen LogP contribution in [-0.2, 0) is 19.3 Å². The SMILES string of the molecule is CCC1Cc2cc(O)c(OC3CC(Cc4ccc[nH]4)C4=CCNC(N)=C4CSSCC(CO)C3O)cc2C2CC(O)C3C(C#CC(C(C)Cc4ccccc4)CC(NCC(C)O)CCC3O)C=C12. The van der Waals surface area contributed by atoms with Crippen molar-refractivity contribution in [3.63, 3.8) is 0 Å². The second-order valence-corrected chi connectivity index (χ2v) is 22.8. The predicted octanol–water partition coefficient (Wildman–Crippen LogP) is 6.75. The van der Waals surface area contributed by atoms with Crippen molar-refractivity contribution in [2.24, 2.45) is 47.2 Å². The quantitative estimate of drug-likeness (QED) is 0.0522. The van der Waals surface area contributed by atoms with Crippen molar-refractivity contribution >= 4 is 21.6 Å². The molecule has 14 unspecified atom stereocenters. The molecule has 1 saturated heterocycles. The van der Waals surface area contributed by atoms with Crippen LogP contribution >= 0.6 is 21.6 Å². The molecular weight excluding hydrogens is 893 g/mol. The summed E-state index contributed by atoms with van der Waals surface area (Å²) >= 11 is 0. The smallest absolute Gasteiger partial charge is 0.161 e. The third-order valence-corrected chi connectivity index (χ3v) is 17.9. The Hall–Kier alpha value is -3.84. The first-order valence-corrected chi connectivity index (χ1v) is 27.5. The molecule has 3 aromatic rings. The predicted molar refractivity (Wildman–Crippen MR) is 274 cm³/mol. The molecule has 8 rings (SSSR count). The maximum atomic E-state index is 12.4. The third kappa shape index (κ3) is 12.0. The van der Waals surface area contributed by atoms with Crippen molar-refractivity contribution in [2.45, 2.75) is 121 Å². The number of phenols is 1. The monoisotopic (exact) mass is 966 g/mol. The third-order valence-electron chi connectivity index (χ3n) is 15.5. The molecule has 13 heteroatoms. The molecule has 0 bridgehead atoms. The van der Waals surface area contributed by atoms with E-state index in [2.05, 4.69) is 83.8 Å². The van der Waals surface area contributed by atoms with Crippen molar-refractivity contribution < 1.29 is 35.4 Å². The van der Waals surface area contributed by atoms with E-state index in [9.17, 15) is 30.6 Å². The molecule has 2 aromatic carbocycles. The number of aromatic amines is 1. The highest BCUT2D eigenvalue weighted by Gasteiger charge is 2.43. The average molecular weight is 967 g/mol. The van der Waals surface area contributed by atoms with Gasteiger partial charge < -0.3 is 56.7 Å². The first-order chi connectivity index (χ1) is 32.9. The van der Waals surface area contributed by atoms with E-state index < -0.39 is 42.4 Å². The summed E-state index contributed by atoms with van der Waals surface area (Å²) in [4.78, 5) is 3.37. The number of aromatic hydroxyl groups is 1. The van der Waals surface area contributed by atoms with Crippen molar-refractivity contribution in [1.82, 2.24) is 15.6 Å². The summed E-state index contributed by atoms with van der Waals surface area (Å²) in [7, 11) is 3.26. The fourth-order valence-electron chi connectivity index (χ4n) is 11.6. The van der Waals surface area contributed by atoms with Crippen LogP contribution in [0.4, 0.5) is 0 Å².